The highest BCUT2D eigenvalue weighted by Crippen LogP contribution is 2.29. The van der Waals surface area contributed by atoms with Crippen molar-refractivity contribution in [2.24, 2.45) is 0 Å². The van der Waals surface area contributed by atoms with Crippen LogP contribution in [0.4, 0.5) is 0 Å². The minimum atomic E-state index is -3.59. The van der Waals surface area contributed by atoms with Crippen molar-refractivity contribution in [1.29, 1.82) is 0 Å². The number of thiophene rings is 1. The molecule has 1 unspecified atom stereocenters. The van der Waals surface area contributed by atoms with E-state index in [1.54, 1.807) is 43.3 Å². The lowest BCUT2D eigenvalue weighted by Gasteiger charge is -2.09. The molecule has 2 aromatic heterocycles. The summed E-state index contributed by atoms with van der Waals surface area (Å²) in [7, 11) is -3.59. The highest BCUT2D eigenvalue weighted by molar-refractivity contribution is 7.89. The van der Waals surface area contributed by atoms with Crippen molar-refractivity contribution in [2.75, 3.05) is 0 Å². The van der Waals surface area contributed by atoms with Crippen LogP contribution in [0.5, 0.6) is 0 Å². The van der Waals surface area contributed by atoms with Crippen LogP contribution in [0.1, 0.15) is 32.7 Å². The van der Waals surface area contributed by atoms with Gasteiger partial charge in [0.2, 0.25) is 10.0 Å². The maximum absolute atomic E-state index is 12.5. The average Bonchev–Trinajstić information content (AvgIpc) is 3.26. The minimum absolute atomic E-state index is 0.172. The largest absolute Gasteiger partial charge is 0.466 e. The van der Waals surface area contributed by atoms with Crippen LogP contribution < -0.4 is 4.72 Å². The van der Waals surface area contributed by atoms with Gasteiger partial charge in [0, 0.05) is 16.3 Å². The minimum Gasteiger partial charge on any atom is -0.466 e. The zero-order valence-corrected chi connectivity index (χ0v) is 15.5. The molecular formula is C18H19NO4S2. The van der Waals surface area contributed by atoms with Gasteiger partial charge < -0.3 is 9.52 Å². The lowest BCUT2D eigenvalue weighted by molar-refractivity contribution is 0.193. The Balaban J connectivity index is 1.72. The fourth-order valence-corrected chi connectivity index (χ4v) is 4.84. The molecule has 0 radical (unpaired) electrons. The Kier molecular flexibility index (Phi) is 5.10. The van der Waals surface area contributed by atoms with Crippen LogP contribution in [0.3, 0.4) is 0 Å². The molecule has 2 heterocycles. The SMILES string of the molecule is Cc1ccc(C)c(S(=O)(=O)NCc2ccc(C(O)c3ccco3)s2)c1. The fraction of sp³-hybridized carbons (Fsp3) is 0.222. The van der Waals surface area contributed by atoms with E-state index in [0.717, 1.165) is 10.4 Å². The zero-order chi connectivity index (χ0) is 18.0. The highest BCUT2D eigenvalue weighted by Gasteiger charge is 2.19. The molecule has 132 valence electrons. The van der Waals surface area contributed by atoms with Crippen molar-refractivity contribution in [1.82, 2.24) is 4.72 Å². The van der Waals surface area contributed by atoms with Crippen LogP contribution >= 0.6 is 11.3 Å². The average molecular weight is 377 g/mol. The summed E-state index contributed by atoms with van der Waals surface area (Å²) in [5.74, 6) is 0.462. The first-order chi connectivity index (χ1) is 11.9. The Labute approximate surface area is 151 Å². The molecule has 7 heteroatoms. The Morgan fingerprint density at radius 3 is 2.72 bits per heavy atom. The second-order valence-electron chi connectivity index (χ2n) is 5.82. The predicted octanol–water partition coefficient (Wildman–Crippen LogP) is 3.52. The number of sulfonamides is 1. The number of benzene rings is 1. The summed E-state index contributed by atoms with van der Waals surface area (Å²) >= 11 is 1.35. The summed E-state index contributed by atoms with van der Waals surface area (Å²) in [5, 5.41) is 10.2. The first kappa shape index (κ1) is 17.9. The summed E-state index contributed by atoms with van der Waals surface area (Å²) in [4.78, 5) is 1.81. The van der Waals surface area contributed by atoms with E-state index in [4.69, 9.17) is 4.42 Å². The Morgan fingerprint density at radius 2 is 2.00 bits per heavy atom. The standard InChI is InChI=1S/C18H19NO4S2/c1-12-5-6-13(2)17(10-12)25(21,22)19-11-14-7-8-16(24-14)18(20)15-4-3-9-23-15/h3-10,18-20H,11H2,1-2H3. The molecule has 25 heavy (non-hydrogen) atoms. The van der Waals surface area contributed by atoms with Crippen LogP contribution in [0, 0.1) is 13.8 Å². The predicted molar refractivity (Wildman–Crippen MR) is 97.0 cm³/mol. The first-order valence-corrected chi connectivity index (χ1v) is 10.0. The Bertz CT molecular complexity index is 959. The van der Waals surface area contributed by atoms with E-state index >= 15 is 0 Å². The normalized spacial score (nSPS) is 13.1. The number of hydrogen-bond acceptors (Lipinski definition) is 5. The van der Waals surface area contributed by atoms with Crippen molar-refractivity contribution < 1.29 is 17.9 Å². The van der Waals surface area contributed by atoms with Gasteiger partial charge >= 0.3 is 0 Å². The molecule has 0 saturated heterocycles. The van der Waals surface area contributed by atoms with E-state index in [1.165, 1.54) is 17.6 Å². The number of aliphatic hydroxyl groups excluding tert-OH is 1. The molecule has 1 aromatic carbocycles. The van der Waals surface area contributed by atoms with E-state index in [1.807, 2.05) is 13.0 Å². The van der Waals surface area contributed by atoms with Crippen LogP contribution in [0.15, 0.2) is 58.0 Å². The number of hydrogen-bond donors (Lipinski definition) is 2. The quantitative estimate of drug-likeness (QED) is 0.689. The lowest BCUT2D eigenvalue weighted by Crippen LogP contribution is -2.23. The van der Waals surface area contributed by atoms with Crippen molar-refractivity contribution >= 4 is 21.4 Å². The summed E-state index contributed by atoms with van der Waals surface area (Å²) in [6.07, 6.45) is 0.662. The van der Waals surface area contributed by atoms with Crippen molar-refractivity contribution in [3.8, 4) is 0 Å². The van der Waals surface area contributed by atoms with Gasteiger partial charge in [0.25, 0.3) is 0 Å². The van der Waals surface area contributed by atoms with Crippen molar-refractivity contribution in [3.05, 3.63) is 75.4 Å². The number of furan rings is 1. The van der Waals surface area contributed by atoms with Gasteiger partial charge in [-0.15, -0.1) is 11.3 Å². The molecule has 0 aliphatic heterocycles. The van der Waals surface area contributed by atoms with Gasteiger partial charge in [0.15, 0.2) is 0 Å². The number of rotatable bonds is 6. The first-order valence-electron chi connectivity index (χ1n) is 7.74. The Hall–Kier alpha value is -1.93. The van der Waals surface area contributed by atoms with E-state index in [9.17, 15) is 13.5 Å². The van der Waals surface area contributed by atoms with Gasteiger partial charge in [0.1, 0.15) is 11.9 Å². The molecule has 0 saturated carbocycles. The smallest absolute Gasteiger partial charge is 0.241 e. The summed E-state index contributed by atoms with van der Waals surface area (Å²) in [6.45, 7) is 3.81. The summed E-state index contributed by atoms with van der Waals surface area (Å²) < 4.78 is 32.9. The zero-order valence-electron chi connectivity index (χ0n) is 13.9. The summed E-state index contributed by atoms with van der Waals surface area (Å²) in [5.41, 5.74) is 1.60. The number of aryl methyl sites for hydroxylation is 2. The van der Waals surface area contributed by atoms with Crippen LogP contribution in [-0.2, 0) is 16.6 Å². The fourth-order valence-electron chi connectivity index (χ4n) is 2.46. The van der Waals surface area contributed by atoms with Gasteiger partial charge in [-0.2, -0.15) is 0 Å². The van der Waals surface area contributed by atoms with Gasteiger partial charge in [-0.25, -0.2) is 13.1 Å². The molecule has 0 aliphatic rings. The van der Waals surface area contributed by atoms with Crippen LogP contribution in [-0.4, -0.2) is 13.5 Å². The molecule has 0 bridgehead atoms. The van der Waals surface area contributed by atoms with E-state index in [-0.39, 0.29) is 6.54 Å². The van der Waals surface area contributed by atoms with Gasteiger partial charge in [-0.1, -0.05) is 12.1 Å². The second-order valence-corrected chi connectivity index (χ2v) is 8.75. The van der Waals surface area contributed by atoms with Crippen LogP contribution in [0.2, 0.25) is 0 Å². The third-order valence-electron chi connectivity index (χ3n) is 3.83. The summed E-state index contributed by atoms with van der Waals surface area (Å²) in [6, 6.07) is 12.3. The molecule has 0 spiro atoms. The number of aliphatic hydroxyl groups is 1. The van der Waals surface area contributed by atoms with Crippen LogP contribution in [0.25, 0.3) is 0 Å². The van der Waals surface area contributed by atoms with Crippen molar-refractivity contribution in [3.63, 3.8) is 0 Å². The van der Waals surface area contributed by atoms with E-state index in [0.29, 0.717) is 21.1 Å². The Morgan fingerprint density at radius 1 is 1.20 bits per heavy atom. The molecule has 0 aliphatic carbocycles. The molecule has 1 atom stereocenters. The molecule has 2 N–H and O–H groups in total. The second kappa shape index (κ2) is 7.13. The van der Waals surface area contributed by atoms with E-state index < -0.39 is 16.1 Å². The molecule has 5 nitrogen and oxygen atoms in total. The molecule has 0 fully saturated rings. The van der Waals surface area contributed by atoms with Gasteiger partial charge in [-0.05, 0) is 55.3 Å². The molecule has 0 amide bonds. The molecular weight excluding hydrogens is 358 g/mol. The van der Waals surface area contributed by atoms with Gasteiger partial charge in [0.05, 0.1) is 11.2 Å². The van der Waals surface area contributed by atoms with E-state index in [2.05, 4.69) is 4.72 Å². The monoisotopic (exact) mass is 377 g/mol. The lowest BCUT2D eigenvalue weighted by atomic mass is 10.2. The molecule has 3 rings (SSSR count). The van der Waals surface area contributed by atoms with Crippen molar-refractivity contribution in [2.45, 2.75) is 31.4 Å². The van der Waals surface area contributed by atoms with Gasteiger partial charge in [-0.3, -0.25) is 0 Å². The third kappa shape index (κ3) is 4.01. The molecule has 3 aromatic rings. The third-order valence-corrected chi connectivity index (χ3v) is 6.52. The number of nitrogens with one attached hydrogen (secondary N) is 1. The maximum Gasteiger partial charge on any atom is 0.241 e. The topological polar surface area (TPSA) is 79.5 Å². The maximum atomic E-state index is 12.5. The highest BCUT2D eigenvalue weighted by atomic mass is 32.2.